The highest BCUT2D eigenvalue weighted by atomic mass is 35.5. The van der Waals surface area contributed by atoms with Gasteiger partial charge in [0.05, 0.1) is 11.6 Å². The lowest BCUT2D eigenvalue weighted by Gasteiger charge is -2.24. The Morgan fingerprint density at radius 3 is 2.60 bits per heavy atom. The highest BCUT2D eigenvalue weighted by Crippen LogP contribution is 2.29. The first-order valence-corrected chi connectivity index (χ1v) is 13.1. The first-order valence-electron chi connectivity index (χ1n) is 12.7. The van der Waals surface area contributed by atoms with Crippen molar-refractivity contribution in [3.8, 4) is 11.1 Å². The largest absolute Gasteiger partial charge is 0.350 e. The molecule has 1 fully saturated rings. The third-order valence-electron chi connectivity index (χ3n) is 7.04. The van der Waals surface area contributed by atoms with Gasteiger partial charge in [0.1, 0.15) is 30.4 Å². The Balaban J connectivity index is 1.36. The number of fused-ring (bicyclic) bond motifs is 1. The van der Waals surface area contributed by atoms with E-state index in [4.69, 9.17) is 11.6 Å². The Morgan fingerprint density at radius 2 is 1.88 bits per heavy atom. The van der Waals surface area contributed by atoms with E-state index in [-0.39, 0.29) is 42.4 Å². The normalized spacial score (nSPS) is 16.9. The highest BCUT2D eigenvalue weighted by Gasteiger charge is 2.39. The summed E-state index contributed by atoms with van der Waals surface area (Å²) in [6, 6.07) is 8.89. The van der Waals surface area contributed by atoms with Crippen LogP contribution in [0.5, 0.6) is 0 Å². The number of ketones is 1. The van der Waals surface area contributed by atoms with Crippen LogP contribution in [-0.2, 0) is 22.7 Å². The van der Waals surface area contributed by atoms with Gasteiger partial charge in [-0.05, 0) is 37.6 Å². The molecule has 5 rings (SSSR count). The fourth-order valence-electron chi connectivity index (χ4n) is 4.96. The predicted molar refractivity (Wildman–Crippen MR) is 146 cm³/mol. The van der Waals surface area contributed by atoms with Crippen molar-refractivity contribution in [2.24, 2.45) is 0 Å². The summed E-state index contributed by atoms with van der Waals surface area (Å²) in [5.41, 5.74) is 2.85. The van der Waals surface area contributed by atoms with Crippen LogP contribution in [0.15, 0.2) is 55.0 Å². The van der Waals surface area contributed by atoms with E-state index in [9.17, 15) is 23.2 Å². The third kappa shape index (κ3) is 5.44. The van der Waals surface area contributed by atoms with Crippen LogP contribution in [0.25, 0.3) is 22.0 Å². The Hall–Kier alpha value is -4.18. The molecule has 1 saturated heterocycles. The van der Waals surface area contributed by atoms with E-state index in [1.807, 2.05) is 12.1 Å². The lowest BCUT2D eigenvalue weighted by Crippen LogP contribution is -2.46. The summed E-state index contributed by atoms with van der Waals surface area (Å²) in [5, 5.41) is 3.17. The molecule has 0 saturated carbocycles. The monoisotopic (exact) mass is 565 g/mol. The lowest BCUT2D eigenvalue weighted by atomic mass is 10.0. The first-order chi connectivity index (χ1) is 19.1. The van der Waals surface area contributed by atoms with Crippen LogP contribution in [0.1, 0.15) is 35.1 Å². The molecule has 0 radical (unpaired) electrons. The Morgan fingerprint density at radius 1 is 1.12 bits per heavy atom. The number of halogens is 3. The van der Waals surface area contributed by atoms with Gasteiger partial charge in [-0.1, -0.05) is 29.8 Å². The summed E-state index contributed by atoms with van der Waals surface area (Å²) in [5.74, 6) is -1.24. The molecule has 1 N–H and O–H groups in total. The highest BCUT2D eigenvalue weighted by molar-refractivity contribution is 6.30. The Labute approximate surface area is 234 Å². The van der Waals surface area contributed by atoms with E-state index in [0.29, 0.717) is 22.3 Å². The van der Waals surface area contributed by atoms with Crippen molar-refractivity contribution in [2.75, 3.05) is 6.54 Å². The second-order valence-electron chi connectivity index (χ2n) is 9.80. The second-order valence-corrected chi connectivity index (χ2v) is 10.2. The molecule has 3 heterocycles. The van der Waals surface area contributed by atoms with Crippen LogP contribution in [0.4, 0.5) is 8.78 Å². The van der Waals surface area contributed by atoms with Crippen LogP contribution in [-0.4, -0.2) is 55.8 Å². The fraction of sp³-hybridized carbons (Fsp3) is 0.276. The van der Waals surface area contributed by atoms with Crippen LogP contribution in [0, 0.1) is 12.7 Å². The molecular formula is C29H26ClF2N5O3. The van der Waals surface area contributed by atoms with Crippen molar-refractivity contribution < 1.29 is 23.2 Å². The molecule has 1 aliphatic rings. The molecule has 206 valence electrons. The Kier molecular flexibility index (Phi) is 7.62. The van der Waals surface area contributed by atoms with Gasteiger partial charge < -0.3 is 14.8 Å². The number of hydrogen-bond acceptors (Lipinski definition) is 5. The van der Waals surface area contributed by atoms with E-state index in [1.165, 1.54) is 24.0 Å². The minimum absolute atomic E-state index is 0.0727. The lowest BCUT2D eigenvalue weighted by molar-refractivity contribution is -0.139. The molecule has 2 aromatic carbocycles. The standard InChI is InChI=1S/C29H26ClF2N5O3/c1-16(38)23-14-36(25-7-6-18(8-22(23)25)20-11-33-17(2)34-12-20)15-27(39)37-13-21(31)9-26(37)29(40)35-10-19-4-3-5-24(30)28(19)32/h3-8,11-12,14,21,26H,9-10,13,15H2,1-2H3,(H,35,40)/t21-,26+/m1/s1. The molecule has 2 amide bonds. The molecule has 2 aromatic heterocycles. The number of aromatic nitrogens is 3. The SMILES string of the molecule is CC(=O)c1cn(CC(=O)N2C[C@H](F)C[C@H]2C(=O)NCc2cccc(Cl)c2F)c2ccc(-c3cnc(C)nc3)cc12. The van der Waals surface area contributed by atoms with Crippen LogP contribution >= 0.6 is 11.6 Å². The zero-order valence-corrected chi connectivity index (χ0v) is 22.6. The van der Waals surface area contributed by atoms with Crippen molar-refractivity contribution in [2.45, 2.75) is 45.6 Å². The van der Waals surface area contributed by atoms with Gasteiger partial charge in [-0.2, -0.15) is 0 Å². The summed E-state index contributed by atoms with van der Waals surface area (Å²) >= 11 is 5.81. The Bertz CT molecular complexity index is 1620. The average molecular weight is 566 g/mol. The summed E-state index contributed by atoms with van der Waals surface area (Å²) in [6.45, 7) is 2.64. The number of Topliss-reactive ketones (excluding diaryl/α,β-unsaturated/α-hetero) is 1. The van der Waals surface area contributed by atoms with Crippen molar-refractivity contribution >= 4 is 40.1 Å². The number of rotatable bonds is 7. The fourth-order valence-corrected chi connectivity index (χ4v) is 5.15. The second kappa shape index (κ2) is 11.1. The number of hydrogen-bond donors (Lipinski definition) is 1. The van der Waals surface area contributed by atoms with Crippen LogP contribution < -0.4 is 5.32 Å². The van der Waals surface area contributed by atoms with Gasteiger partial charge in [0.2, 0.25) is 11.8 Å². The van der Waals surface area contributed by atoms with Gasteiger partial charge in [-0.15, -0.1) is 0 Å². The zero-order chi connectivity index (χ0) is 28.6. The quantitative estimate of drug-likeness (QED) is 0.329. The van der Waals surface area contributed by atoms with Gasteiger partial charge in [0.15, 0.2) is 5.78 Å². The van der Waals surface area contributed by atoms with Gasteiger partial charge >= 0.3 is 0 Å². The number of likely N-dealkylation sites (tertiary alicyclic amines) is 1. The van der Waals surface area contributed by atoms with E-state index in [1.54, 1.807) is 42.2 Å². The molecular weight excluding hydrogens is 540 g/mol. The minimum atomic E-state index is -1.38. The van der Waals surface area contributed by atoms with Crippen molar-refractivity contribution in [1.29, 1.82) is 0 Å². The molecule has 40 heavy (non-hydrogen) atoms. The third-order valence-corrected chi connectivity index (χ3v) is 7.33. The molecule has 2 atom stereocenters. The molecule has 8 nitrogen and oxygen atoms in total. The number of nitrogens with one attached hydrogen (secondary N) is 1. The summed E-state index contributed by atoms with van der Waals surface area (Å²) in [7, 11) is 0. The van der Waals surface area contributed by atoms with E-state index in [2.05, 4.69) is 15.3 Å². The minimum Gasteiger partial charge on any atom is -0.350 e. The number of aryl methyl sites for hydroxylation is 1. The zero-order valence-electron chi connectivity index (χ0n) is 21.8. The van der Waals surface area contributed by atoms with Crippen molar-refractivity contribution in [1.82, 2.24) is 24.8 Å². The van der Waals surface area contributed by atoms with E-state index >= 15 is 0 Å². The first kappa shape index (κ1) is 27.4. The maximum atomic E-state index is 14.4. The number of nitrogens with zero attached hydrogens (tertiary/aromatic N) is 4. The summed E-state index contributed by atoms with van der Waals surface area (Å²) in [6.07, 6.45) is 3.45. The molecule has 4 aromatic rings. The average Bonchev–Trinajstić information content (AvgIpc) is 3.50. The summed E-state index contributed by atoms with van der Waals surface area (Å²) in [4.78, 5) is 48.4. The molecule has 0 bridgehead atoms. The number of alkyl halides is 1. The predicted octanol–water partition coefficient (Wildman–Crippen LogP) is 4.66. The number of benzene rings is 2. The van der Waals surface area contributed by atoms with Crippen molar-refractivity contribution in [3.63, 3.8) is 0 Å². The number of carbonyl (C=O) groups is 3. The smallest absolute Gasteiger partial charge is 0.243 e. The maximum Gasteiger partial charge on any atom is 0.243 e. The van der Waals surface area contributed by atoms with E-state index in [0.717, 1.165) is 11.1 Å². The number of carbonyl (C=O) groups excluding carboxylic acids is 3. The van der Waals surface area contributed by atoms with Crippen LogP contribution in [0.2, 0.25) is 5.02 Å². The van der Waals surface area contributed by atoms with Gasteiger partial charge in [-0.25, -0.2) is 18.7 Å². The number of amides is 2. The van der Waals surface area contributed by atoms with Crippen molar-refractivity contribution in [3.05, 3.63) is 82.8 Å². The topological polar surface area (TPSA) is 97.2 Å². The molecule has 1 aliphatic heterocycles. The molecule has 0 unspecified atom stereocenters. The van der Waals surface area contributed by atoms with Gasteiger partial charge in [0.25, 0.3) is 0 Å². The van der Waals surface area contributed by atoms with Crippen LogP contribution in [0.3, 0.4) is 0 Å². The van der Waals surface area contributed by atoms with Gasteiger partial charge in [-0.3, -0.25) is 14.4 Å². The van der Waals surface area contributed by atoms with Gasteiger partial charge in [0, 0.05) is 59.1 Å². The molecule has 0 spiro atoms. The molecule has 0 aliphatic carbocycles. The van der Waals surface area contributed by atoms with E-state index < -0.39 is 29.8 Å². The summed E-state index contributed by atoms with van der Waals surface area (Å²) < 4.78 is 30.3. The molecule has 11 heteroatoms. The maximum absolute atomic E-state index is 14.4.